The molecule has 1 amide bonds. The van der Waals surface area contributed by atoms with Crippen molar-refractivity contribution in [2.45, 2.75) is 13.5 Å². The number of nitrogens with two attached hydrogens (primary N) is 1. The summed E-state index contributed by atoms with van der Waals surface area (Å²) < 4.78 is 0.866. The van der Waals surface area contributed by atoms with Crippen LogP contribution in [0.25, 0.3) is 0 Å². The number of nitrogens with one attached hydrogen (secondary N) is 1. The van der Waals surface area contributed by atoms with Crippen molar-refractivity contribution in [2.24, 2.45) is 0 Å². The first kappa shape index (κ1) is 13.1. The van der Waals surface area contributed by atoms with Gasteiger partial charge in [-0.05, 0) is 42.1 Å². The summed E-state index contributed by atoms with van der Waals surface area (Å²) in [7, 11) is 0. The lowest BCUT2D eigenvalue weighted by Crippen LogP contribution is -2.23. The molecule has 0 atom stereocenters. The van der Waals surface area contributed by atoms with E-state index < -0.39 is 0 Å². The van der Waals surface area contributed by atoms with Gasteiger partial charge in [0.15, 0.2) is 0 Å². The third-order valence-electron chi connectivity index (χ3n) is 2.64. The lowest BCUT2D eigenvalue weighted by Gasteiger charge is -2.07. The minimum absolute atomic E-state index is 0.146. The Kier molecular flexibility index (Phi) is 4.04. The molecular formula is C13H13BrN2OS. The van der Waals surface area contributed by atoms with Crippen LogP contribution in [0.15, 0.2) is 34.1 Å². The smallest absolute Gasteiger partial charge is 0.253 e. The number of halogens is 1. The Labute approximate surface area is 118 Å². The van der Waals surface area contributed by atoms with Gasteiger partial charge in [-0.15, -0.1) is 11.3 Å². The second-order valence-electron chi connectivity index (χ2n) is 3.94. The number of amides is 1. The first-order chi connectivity index (χ1) is 8.58. The van der Waals surface area contributed by atoms with E-state index in [0.29, 0.717) is 17.8 Å². The van der Waals surface area contributed by atoms with Crippen LogP contribution < -0.4 is 11.1 Å². The zero-order valence-electron chi connectivity index (χ0n) is 9.87. The van der Waals surface area contributed by atoms with Crippen molar-refractivity contribution in [2.75, 3.05) is 5.73 Å². The molecule has 5 heteroatoms. The molecule has 2 rings (SSSR count). The highest BCUT2D eigenvalue weighted by Gasteiger charge is 2.10. The van der Waals surface area contributed by atoms with Crippen LogP contribution in [0.2, 0.25) is 0 Å². The summed E-state index contributed by atoms with van der Waals surface area (Å²) >= 11 is 4.96. The van der Waals surface area contributed by atoms with Crippen LogP contribution in [0, 0.1) is 6.92 Å². The number of hydrogen-bond acceptors (Lipinski definition) is 3. The normalized spacial score (nSPS) is 10.3. The number of carbonyl (C=O) groups is 1. The fourth-order valence-electron chi connectivity index (χ4n) is 1.58. The first-order valence-corrected chi connectivity index (χ1v) is 7.11. The zero-order chi connectivity index (χ0) is 13.1. The van der Waals surface area contributed by atoms with Crippen LogP contribution in [0.5, 0.6) is 0 Å². The predicted molar refractivity (Wildman–Crippen MR) is 78.8 cm³/mol. The number of nitrogen functional groups attached to an aromatic ring is 1. The van der Waals surface area contributed by atoms with E-state index in [1.165, 1.54) is 10.4 Å². The van der Waals surface area contributed by atoms with Gasteiger partial charge in [-0.3, -0.25) is 4.79 Å². The molecule has 0 saturated carbocycles. The van der Waals surface area contributed by atoms with E-state index in [1.54, 1.807) is 23.5 Å². The number of hydrogen-bond donors (Lipinski definition) is 2. The molecule has 1 aromatic carbocycles. The van der Waals surface area contributed by atoms with E-state index in [2.05, 4.69) is 21.2 Å². The molecule has 1 aromatic heterocycles. The fourth-order valence-corrected chi connectivity index (χ4v) is 2.81. The predicted octanol–water partition coefficient (Wildman–Crippen LogP) is 3.33. The molecular weight excluding hydrogens is 312 g/mol. The highest BCUT2D eigenvalue weighted by atomic mass is 79.9. The zero-order valence-corrected chi connectivity index (χ0v) is 12.3. The molecule has 0 spiro atoms. The Morgan fingerprint density at radius 1 is 1.44 bits per heavy atom. The highest BCUT2D eigenvalue weighted by Crippen LogP contribution is 2.19. The quantitative estimate of drug-likeness (QED) is 0.851. The Morgan fingerprint density at radius 2 is 2.22 bits per heavy atom. The monoisotopic (exact) mass is 324 g/mol. The van der Waals surface area contributed by atoms with Gasteiger partial charge in [0.05, 0.1) is 12.1 Å². The number of benzene rings is 1. The van der Waals surface area contributed by atoms with Crippen LogP contribution in [-0.4, -0.2) is 5.91 Å². The van der Waals surface area contributed by atoms with Gasteiger partial charge in [0, 0.05) is 15.0 Å². The molecule has 94 valence electrons. The summed E-state index contributed by atoms with van der Waals surface area (Å²) in [5.41, 5.74) is 7.99. The van der Waals surface area contributed by atoms with Crippen LogP contribution in [0.1, 0.15) is 20.8 Å². The van der Waals surface area contributed by atoms with Crippen molar-refractivity contribution in [3.05, 3.63) is 50.1 Å². The molecule has 0 saturated heterocycles. The molecule has 3 nitrogen and oxygen atoms in total. The second-order valence-corrected chi connectivity index (χ2v) is 5.86. The second kappa shape index (κ2) is 5.54. The summed E-state index contributed by atoms with van der Waals surface area (Å²) in [4.78, 5) is 13.1. The molecule has 2 aromatic rings. The number of carbonyl (C=O) groups excluding carboxylic acids is 1. The van der Waals surface area contributed by atoms with Gasteiger partial charge in [0.25, 0.3) is 5.91 Å². The number of rotatable bonds is 3. The Morgan fingerprint density at radius 3 is 2.83 bits per heavy atom. The molecule has 0 aliphatic heterocycles. The average Bonchev–Trinajstić information content (AvgIpc) is 2.72. The van der Waals surface area contributed by atoms with Gasteiger partial charge < -0.3 is 11.1 Å². The Balaban J connectivity index is 2.06. The van der Waals surface area contributed by atoms with Crippen LogP contribution >= 0.6 is 27.3 Å². The average molecular weight is 325 g/mol. The van der Waals surface area contributed by atoms with Gasteiger partial charge in [0.2, 0.25) is 0 Å². The van der Waals surface area contributed by atoms with Crippen LogP contribution in [0.3, 0.4) is 0 Å². The van der Waals surface area contributed by atoms with E-state index in [4.69, 9.17) is 5.73 Å². The molecule has 1 heterocycles. The van der Waals surface area contributed by atoms with E-state index >= 15 is 0 Å². The van der Waals surface area contributed by atoms with Crippen molar-refractivity contribution < 1.29 is 4.79 Å². The SMILES string of the molecule is Cc1ccsc1CNC(=O)c1ccc(Br)cc1N. The summed E-state index contributed by atoms with van der Waals surface area (Å²) in [6, 6.07) is 7.29. The Hall–Kier alpha value is -1.33. The maximum Gasteiger partial charge on any atom is 0.253 e. The third kappa shape index (κ3) is 2.91. The molecule has 0 bridgehead atoms. The van der Waals surface area contributed by atoms with E-state index in [0.717, 1.165) is 4.47 Å². The highest BCUT2D eigenvalue weighted by molar-refractivity contribution is 9.10. The fraction of sp³-hybridized carbons (Fsp3) is 0.154. The maximum atomic E-state index is 12.0. The third-order valence-corrected chi connectivity index (χ3v) is 4.15. The summed E-state index contributed by atoms with van der Waals surface area (Å²) in [5.74, 6) is -0.146. The van der Waals surface area contributed by atoms with Gasteiger partial charge in [-0.2, -0.15) is 0 Å². The van der Waals surface area contributed by atoms with Crippen molar-refractivity contribution in [3.8, 4) is 0 Å². The number of aryl methyl sites for hydroxylation is 1. The van der Waals surface area contributed by atoms with Crippen LogP contribution in [-0.2, 0) is 6.54 Å². The van der Waals surface area contributed by atoms with Crippen molar-refractivity contribution >= 4 is 38.9 Å². The van der Waals surface area contributed by atoms with Gasteiger partial charge in [-0.1, -0.05) is 15.9 Å². The number of anilines is 1. The lowest BCUT2D eigenvalue weighted by molar-refractivity contribution is 0.0952. The van der Waals surface area contributed by atoms with Gasteiger partial charge in [0.1, 0.15) is 0 Å². The molecule has 0 radical (unpaired) electrons. The summed E-state index contributed by atoms with van der Waals surface area (Å²) in [6.45, 7) is 2.57. The number of thiophene rings is 1. The largest absolute Gasteiger partial charge is 0.398 e. The molecule has 0 aliphatic carbocycles. The molecule has 0 fully saturated rings. The topological polar surface area (TPSA) is 55.1 Å². The Bertz CT molecular complexity index is 580. The van der Waals surface area contributed by atoms with Crippen molar-refractivity contribution in [1.82, 2.24) is 5.32 Å². The van der Waals surface area contributed by atoms with Gasteiger partial charge in [-0.25, -0.2) is 0 Å². The summed E-state index contributed by atoms with van der Waals surface area (Å²) in [5, 5.41) is 4.90. The summed E-state index contributed by atoms with van der Waals surface area (Å²) in [6.07, 6.45) is 0. The molecule has 0 unspecified atom stereocenters. The van der Waals surface area contributed by atoms with Crippen molar-refractivity contribution in [1.29, 1.82) is 0 Å². The standard InChI is InChI=1S/C13H13BrN2OS/c1-8-4-5-18-12(8)7-16-13(17)10-3-2-9(14)6-11(10)15/h2-6H,7,15H2,1H3,(H,16,17). The van der Waals surface area contributed by atoms with E-state index in [1.807, 2.05) is 24.4 Å². The first-order valence-electron chi connectivity index (χ1n) is 5.44. The maximum absolute atomic E-state index is 12.0. The van der Waals surface area contributed by atoms with Gasteiger partial charge >= 0.3 is 0 Å². The van der Waals surface area contributed by atoms with Crippen LogP contribution in [0.4, 0.5) is 5.69 Å². The molecule has 3 N–H and O–H groups in total. The lowest BCUT2D eigenvalue weighted by atomic mass is 10.1. The van der Waals surface area contributed by atoms with E-state index in [9.17, 15) is 4.79 Å². The minimum Gasteiger partial charge on any atom is -0.398 e. The molecule has 18 heavy (non-hydrogen) atoms. The van der Waals surface area contributed by atoms with Crippen molar-refractivity contribution in [3.63, 3.8) is 0 Å². The minimum atomic E-state index is -0.146. The van der Waals surface area contributed by atoms with E-state index in [-0.39, 0.29) is 5.91 Å². The molecule has 0 aliphatic rings.